The highest BCUT2D eigenvalue weighted by Gasteiger charge is 2.03. The number of rotatable bonds is 3. The number of anilines is 1. The number of benzene rings is 1. The molecule has 1 aromatic carbocycles. The highest BCUT2D eigenvalue weighted by molar-refractivity contribution is 9.10. The molecule has 0 saturated carbocycles. The van der Waals surface area contributed by atoms with Crippen LogP contribution in [0.15, 0.2) is 50.0 Å². The zero-order valence-corrected chi connectivity index (χ0v) is 13.3. The van der Waals surface area contributed by atoms with Crippen LogP contribution < -0.4 is 5.32 Å². The van der Waals surface area contributed by atoms with Crippen molar-refractivity contribution in [3.05, 3.63) is 56.9 Å². The van der Waals surface area contributed by atoms with E-state index in [0.717, 1.165) is 15.7 Å². The van der Waals surface area contributed by atoms with E-state index in [4.69, 9.17) is 4.42 Å². The fourth-order valence-electron chi connectivity index (χ4n) is 1.47. The first-order valence-corrected chi connectivity index (χ1v) is 7.14. The first-order valence-electron chi connectivity index (χ1n) is 5.55. The van der Waals surface area contributed by atoms with Crippen molar-refractivity contribution in [2.75, 3.05) is 5.32 Å². The van der Waals surface area contributed by atoms with Gasteiger partial charge in [0.1, 0.15) is 5.76 Å². The maximum Gasteiger partial charge on any atom is 0.248 e. The van der Waals surface area contributed by atoms with Crippen LogP contribution in [0.5, 0.6) is 0 Å². The Balaban J connectivity index is 2.03. The van der Waals surface area contributed by atoms with E-state index in [2.05, 4.69) is 37.2 Å². The first kappa shape index (κ1) is 14.1. The Kier molecular flexibility index (Phi) is 4.61. The summed E-state index contributed by atoms with van der Waals surface area (Å²) < 4.78 is 6.75. The smallest absolute Gasteiger partial charge is 0.248 e. The second kappa shape index (κ2) is 6.21. The van der Waals surface area contributed by atoms with Crippen LogP contribution in [0.25, 0.3) is 6.08 Å². The number of hydrogen-bond acceptors (Lipinski definition) is 2. The zero-order chi connectivity index (χ0) is 13.8. The van der Waals surface area contributed by atoms with Crippen molar-refractivity contribution in [2.24, 2.45) is 0 Å². The van der Waals surface area contributed by atoms with Gasteiger partial charge in [0.2, 0.25) is 5.91 Å². The monoisotopic (exact) mass is 383 g/mol. The van der Waals surface area contributed by atoms with Gasteiger partial charge in [0, 0.05) is 10.5 Å². The van der Waals surface area contributed by atoms with Crippen molar-refractivity contribution < 1.29 is 9.21 Å². The molecule has 0 unspecified atom stereocenters. The quantitative estimate of drug-likeness (QED) is 0.774. The fourth-order valence-corrected chi connectivity index (χ4v) is 2.38. The largest absolute Gasteiger partial charge is 0.450 e. The van der Waals surface area contributed by atoms with Gasteiger partial charge in [0.15, 0.2) is 4.67 Å². The topological polar surface area (TPSA) is 42.2 Å². The minimum Gasteiger partial charge on any atom is -0.450 e. The molecule has 0 spiro atoms. The number of halogens is 2. The molecular weight excluding hydrogens is 374 g/mol. The molecule has 1 N–H and O–H groups in total. The maximum absolute atomic E-state index is 11.8. The lowest BCUT2D eigenvalue weighted by atomic mass is 10.2. The summed E-state index contributed by atoms with van der Waals surface area (Å²) in [5, 5.41) is 2.79. The third kappa shape index (κ3) is 4.08. The Hall–Kier alpha value is -1.33. The van der Waals surface area contributed by atoms with E-state index in [1.807, 2.05) is 25.1 Å². The number of amides is 1. The van der Waals surface area contributed by atoms with Crippen molar-refractivity contribution in [3.63, 3.8) is 0 Å². The third-order valence-corrected chi connectivity index (χ3v) is 3.46. The van der Waals surface area contributed by atoms with E-state index in [-0.39, 0.29) is 5.91 Å². The Morgan fingerprint density at radius 2 is 2.05 bits per heavy atom. The van der Waals surface area contributed by atoms with Gasteiger partial charge in [-0.3, -0.25) is 4.79 Å². The van der Waals surface area contributed by atoms with Crippen LogP contribution in [-0.4, -0.2) is 5.91 Å². The molecule has 98 valence electrons. The number of aryl methyl sites for hydroxylation is 1. The fraction of sp³-hybridized carbons (Fsp3) is 0.0714. The predicted molar refractivity (Wildman–Crippen MR) is 83.0 cm³/mol. The minimum atomic E-state index is -0.211. The number of carbonyl (C=O) groups excluding carboxylic acids is 1. The maximum atomic E-state index is 11.8. The van der Waals surface area contributed by atoms with E-state index in [0.29, 0.717) is 10.4 Å². The summed E-state index contributed by atoms with van der Waals surface area (Å²) in [5.74, 6) is 0.405. The SMILES string of the molecule is Cc1ccc(NC(=O)/C=C/c2ccc(Br)o2)c(Br)c1. The third-order valence-electron chi connectivity index (χ3n) is 2.38. The van der Waals surface area contributed by atoms with Crippen LogP contribution in [0.3, 0.4) is 0 Å². The predicted octanol–water partition coefficient (Wildman–Crippen LogP) is 4.76. The number of furan rings is 1. The van der Waals surface area contributed by atoms with Crippen molar-refractivity contribution >= 4 is 49.5 Å². The summed E-state index contributed by atoms with van der Waals surface area (Å²) in [6, 6.07) is 9.29. The van der Waals surface area contributed by atoms with Crippen LogP contribution in [0, 0.1) is 6.92 Å². The van der Waals surface area contributed by atoms with Crippen LogP contribution in [0.4, 0.5) is 5.69 Å². The lowest BCUT2D eigenvalue weighted by Gasteiger charge is -2.05. The van der Waals surface area contributed by atoms with E-state index >= 15 is 0 Å². The molecule has 2 aromatic rings. The molecule has 0 bridgehead atoms. The standard InChI is InChI=1S/C14H11Br2NO2/c1-9-2-5-12(11(15)8-9)17-14(18)7-4-10-3-6-13(16)19-10/h2-8H,1H3,(H,17,18)/b7-4+. The molecule has 0 aliphatic heterocycles. The molecule has 0 atom stereocenters. The molecule has 0 saturated heterocycles. The highest BCUT2D eigenvalue weighted by atomic mass is 79.9. The van der Waals surface area contributed by atoms with Gasteiger partial charge in [-0.2, -0.15) is 0 Å². The van der Waals surface area contributed by atoms with E-state index in [1.165, 1.54) is 6.08 Å². The lowest BCUT2D eigenvalue weighted by Crippen LogP contribution is -2.08. The minimum absolute atomic E-state index is 0.211. The Bertz CT molecular complexity index is 632. The molecule has 5 heteroatoms. The molecule has 19 heavy (non-hydrogen) atoms. The molecule has 2 rings (SSSR count). The summed E-state index contributed by atoms with van der Waals surface area (Å²) in [5.41, 5.74) is 1.86. The average Bonchev–Trinajstić information content (AvgIpc) is 2.76. The van der Waals surface area contributed by atoms with Crippen LogP contribution in [-0.2, 0) is 4.79 Å². The summed E-state index contributed by atoms with van der Waals surface area (Å²) in [6.07, 6.45) is 3.04. The molecule has 0 fully saturated rings. The Morgan fingerprint density at radius 3 is 2.68 bits per heavy atom. The van der Waals surface area contributed by atoms with Crippen LogP contribution in [0.2, 0.25) is 0 Å². The molecule has 0 radical (unpaired) electrons. The van der Waals surface area contributed by atoms with Gasteiger partial charge in [0.25, 0.3) is 0 Å². The second-order valence-electron chi connectivity index (χ2n) is 3.95. The van der Waals surface area contributed by atoms with Gasteiger partial charge < -0.3 is 9.73 Å². The molecule has 3 nitrogen and oxygen atoms in total. The van der Waals surface area contributed by atoms with Crippen molar-refractivity contribution in [3.8, 4) is 0 Å². The summed E-state index contributed by atoms with van der Waals surface area (Å²) >= 11 is 6.61. The molecule has 1 aromatic heterocycles. The number of carbonyl (C=O) groups is 1. The number of hydrogen-bond donors (Lipinski definition) is 1. The highest BCUT2D eigenvalue weighted by Crippen LogP contribution is 2.23. The summed E-state index contributed by atoms with van der Waals surface area (Å²) in [6.45, 7) is 1.99. The van der Waals surface area contributed by atoms with Gasteiger partial charge in [0.05, 0.1) is 5.69 Å². The molecule has 0 aliphatic carbocycles. The average molecular weight is 385 g/mol. The van der Waals surface area contributed by atoms with Crippen LogP contribution in [0.1, 0.15) is 11.3 Å². The molecule has 0 aliphatic rings. The lowest BCUT2D eigenvalue weighted by molar-refractivity contribution is -0.111. The van der Waals surface area contributed by atoms with Crippen molar-refractivity contribution in [2.45, 2.75) is 6.92 Å². The molecular formula is C14H11Br2NO2. The van der Waals surface area contributed by atoms with E-state index < -0.39 is 0 Å². The Morgan fingerprint density at radius 1 is 1.26 bits per heavy atom. The van der Waals surface area contributed by atoms with E-state index in [9.17, 15) is 4.79 Å². The van der Waals surface area contributed by atoms with Crippen molar-refractivity contribution in [1.82, 2.24) is 0 Å². The summed E-state index contributed by atoms with van der Waals surface area (Å²) in [7, 11) is 0. The normalized spacial score (nSPS) is 10.9. The first-order chi connectivity index (χ1) is 9.04. The van der Waals surface area contributed by atoms with E-state index in [1.54, 1.807) is 18.2 Å². The van der Waals surface area contributed by atoms with Gasteiger partial charge >= 0.3 is 0 Å². The van der Waals surface area contributed by atoms with Gasteiger partial charge in [-0.25, -0.2) is 0 Å². The van der Waals surface area contributed by atoms with Gasteiger partial charge in [-0.15, -0.1) is 0 Å². The zero-order valence-electron chi connectivity index (χ0n) is 10.1. The second-order valence-corrected chi connectivity index (χ2v) is 5.58. The summed E-state index contributed by atoms with van der Waals surface area (Å²) in [4.78, 5) is 11.8. The molecule has 1 heterocycles. The number of nitrogens with one attached hydrogen (secondary N) is 1. The van der Waals surface area contributed by atoms with Gasteiger partial charge in [-0.05, 0) is 74.7 Å². The Labute approximate surface area is 127 Å². The van der Waals surface area contributed by atoms with Gasteiger partial charge in [-0.1, -0.05) is 6.07 Å². The van der Waals surface area contributed by atoms with Crippen molar-refractivity contribution in [1.29, 1.82) is 0 Å². The molecule has 1 amide bonds. The van der Waals surface area contributed by atoms with Crippen LogP contribution >= 0.6 is 31.9 Å².